The van der Waals surface area contributed by atoms with Crippen LogP contribution in [0, 0.1) is 12.7 Å². The highest BCUT2D eigenvalue weighted by Gasteiger charge is 2.34. The van der Waals surface area contributed by atoms with Crippen LogP contribution in [0.25, 0.3) is 0 Å². The highest BCUT2D eigenvalue weighted by molar-refractivity contribution is 7.89. The first-order valence-electron chi connectivity index (χ1n) is 7.77. The van der Waals surface area contributed by atoms with Gasteiger partial charge in [0.15, 0.2) is 0 Å². The van der Waals surface area contributed by atoms with E-state index >= 15 is 0 Å². The van der Waals surface area contributed by atoms with Crippen LogP contribution in [0.3, 0.4) is 0 Å². The molecule has 0 saturated carbocycles. The first-order valence-corrected chi connectivity index (χ1v) is 9.21. The molecule has 7 heteroatoms. The average Bonchev–Trinajstić information content (AvgIpc) is 2.63. The van der Waals surface area contributed by atoms with E-state index in [0.29, 0.717) is 37.9 Å². The Kier molecular flexibility index (Phi) is 5.45. The molecule has 23 heavy (non-hydrogen) atoms. The lowest BCUT2D eigenvalue weighted by atomic mass is 9.94. The first-order chi connectivity index (χ1) is 10.6. The van der Waals surface area contributed by atoms with Crippen molar-refractivity contribution in [2.24, 2.45) is 0 Å². The van der Waals surface area contributed by atoms with Gasteiger partial charge in [-0.3, -0.25) is 0 Å². The minimum Gasteiger partial charge on any atom is -0.389 e. The van der Waals surface area contributed by atoms with E-state index in [1.54, 1.807) is 6.92 Å². The fraction of sp³-hybridized carbons (Fsp3) is 0.625. The summed E-state index contributed by atoms with van der Waals surface area (Å²) < 4.78 is 40.5. The van der Waals surface area contributed by atoms with E-state index in [4.69, 9.17) is 0 Å². The van der Waals surface area contributed by atoms with Crippen molar-refractivity contribution in [3.63, 3.8) is 0 Å². The molecule has 0 spiro atoms. The molecule has 130 valence electrons. The van der Waals surface area contributed by atoms with Gasteiger partial charge >= 0.3 is 0 Å². The maximum Gasteiger partial charge on any atom is 0.243 e. The number of rotatable bonds is 4. The standard InChI is InChI=1S/C16H25FN2O3S/c1-13-5-6-14(11-15(13)17)23(21,22)19-9-4-7-16(20,8-10-19)12-18(2)3/h5-6,11,20H,4,7-10,12H2,1-3H3/t16-/m1/s1. The molecule has 0 aromatic heterocycles. The third-order valence-corrected chi connectivity index (χ3v) is 6.16. The Hall–Kier alpha value is -1.02. The van der Waals surface area contributed by atoms with Gasteiger partial charge in [-0.1, -0.05) is 6.07 Å². The Morgan fingerprint density at radius 2 is 2.00 bits per heavy atom. The first kappa shape index (κ1) is 18.3. The Labute approximate surface area is 137 Å². The molecule has 1 fully saturated rings. The van der Waals surface area contributed by atoms with Crippen molar-refractivity contribution in [1.29, 1.82) is 0 Å². The molecule has 1 heterocycles. The van der Waals surface area contributed by atoms with Gasteiger partial charge in [-0.05, 0) is 58.0 Å². The van der Waals surface area contributed by atoms with Crippen LogP contribution < -0.4 is 0 Å². The lowest BCUT2D eigenvalue weighted by Gasteiger charge is -2.29. The van der Waals surface area contributed by atoms with Crippen molar-refractivity contribution in [3.05, 3.63) is 29.6 Å². The van der Waals surface area contributed by atoms with Gasteiger partial charge in [-0.15, -0.1) is 0 Å². The van der Waals surface area contributed by atoms with Crippen molar-refractivity contribution in [3.8, 4) is 0 Å². The van der Waals surface area contributed by atoms with E-state index < -0.39 is 21.4 Å². The predicted molar refractivity (Wildman–Crippen MR) is 87.3 cm³/mol. The van der Waals surface area contributed by atoms with Gasteiger partial charge < -0.3 is 10.0 Å². The number of hydrogen-bond acceptors (Lipinski definition) is 4. The van der Waals surface area contributed by atoms with Crippen molar-refractivity contribution in [1.82, 2.24) is 9.21 Å². The molecule has 1 N–H and O–H groups in total. The minimum absolute atomic E-state index is 0.0290. The Morgan fingerprint density at radius 1 is 1.30 bits per heavy atom. The zero-order valence-corrected chi connectivity index (χ0v) is 14.7. The molecule has 0 amide bonds. The van der Waals surface area contributed by atoms with Crippen LogP contribution in [0.15, 0.2) is 23.1 Å². The molecule has 0 aliphatic carbocycles. The third-order valence-electron chi connectivity index (χ3n) is 4.27. The van der Waals surface area contributed by atoms with Gasteiger partial charge in [-0.25, -0.2) is 12.8 Å². The number of benzene rings is 1. The van der Waals surface area contributed by atoms with Crippen LogP contribution >= 0.6 is 0 Å². The molecule has 1 aromatic carbocycles. The van der Waals surface area contributed by atoms with Gasteiger partial charge in [0.05, 0.1) is 10.5 Å². The topological polar surface area (TPSA) is 60.9 Å². The summed E-state index contributed by atoms with van der Waals surface area (Å²) in [6.45, 7) is 2.68. The average molecular weight is 344 g/mol. The van der Waals surface area contributed by atoms with Crippen molar-refractivity contribution in [2.45, 2.75) is 36.7 Å². The molecule has 5 nitrogen and oxygen atoms in total. The maximum absolute atomic E-state index is 13.7. The van der Waals surface area contributed by atoms with Crippen LogP contribution in [0.1, 0.15) is 24.8 Å². The quantitative estimate of drug-likeness (QED) is 0.901. The molecular weight excluding hydrogens is 319 g/mol. The second-order valence-electron chi connectivity index (χ2n) is 6.63. The zero-order chi connectivity index (χ0) is 17.3. The number of sulfonamides is 1. The van der Waals surface area contributed by atoms with E-state index in [0.717, 1.165) is 6.07 Å². The van der Waals surface area contributed by atoms with Crippen molar-refractivity contribution in [2.75, 3.05) is 33.7 Å². The van der Waals surface area contributed by atoms with Gasteiger partial charge in [0.1, 0.15) is 5.82 Å². The van der Waals surface area contributed by atoms with Crippen LogP contribution in [0.4, 0.5) is 4.39 Å². The lowest BCUT2D eigenvalue weighted by Crippen LogP contribution is -2.41. The van der Waals surface area contributed by atoms with Crippen molar-refractivity contribution < 1.29 is 17.9 Å². The molecular formula is C16H25FN2O3S. The second-order valence-corrected chi connectivity index (χ2v) is 8.57. The monoisotopic (exact) mass is 344 g/mol. The normalized spacial score (nSPS) is 23.9. The second kappa shape index (κ2) is 6.84. The minimum atomic E-state index is -3.73. The van der Waals surface area contributed by atoms with Gasteiger partial charge in [0.25, 0.3) is 0 Å². The summed E-state index contributed by atoms with van der Waals surface area (Å²) in [6, 6.07) is 3.98. The SMILES string of the molecule is Cc1ccc(S(=O)(=O)N2CCC[C@](O)(CN(C)C)CC2)cc1F. The van der Waals surface area contributed by atoms with Crippen molar-refractivity contribution >= 4 is 10.0 Å². The summed E-state index contributed by atoms with van der Waals surface area (Å²) in [7, 11) is 0.0281. The lowest BCUT2D eigenvalue weighted by molar-refractivity contribution is 0.00405. The summed E-state index contributed by atoms with van der Waals surface area (Å²) >= 11 is 0. The molecule has 0 radical (unpaired) electrons. The number of halogens is 1. The highest BCUT2D eigenvalue weighted by Crippen LogP contribution is 2.27. The summed E-state index contributed by atoms with van der Waals surface area (Å²) in [5.41, 5.74) is -0.466. The van der Waals surface area contributed by atoms with Gasteiger partial charge in [-0.2, -0.15) is 4.31 Å². The molecule has 2 rings (SSSR count). The molecule has 1 aromatic rings. The van der Waals surface area contributed by atoms with Gasteiger partial charge in [0, 0.05) is 19.6 Å². The maximum atomic E-state index is 13.7. The molecule has 1 saturated heterocycles. The Balaban J connectivity index is 2.19. The molecule has 0 bridgehead atoms. The predicted octanol–water partition coefficient (Wildman–Crippen LogP) is 1.60. The number of aliphatic hydroxyl groups is 1. The fourth-order valence-electron chi connectivity index (χ4n) is 3.02. The van der Waals surface area contributed by atoms with E-state index in [1.165, 1.54) is 16.4 Å². The van der Waals surface area contributed by atoms with E-state index in [1.807, 2.05) is 19.0 Å². The molecule has 1 aliphatic rings. The van der Waals surface area contributed by atoms with E-state index in [2.05, 4.69) is 0 Å². The molecule has 1 aliphatic heterocycles. The van der Waals surface area contributed by atoms with Crippen LogP contribution in [-0.2, 0) is 10.0 Å². The zero-order valence-electron chi connectivity index (χ0n) is 13.9. The summed E-state index contributed by atoms with van der Waals surface area (Å²) in [5.74, 6) is -0.523. The van der Waals surface area contributed by atoms with Crippen LogP contribution in [0.5, 0.6) is 0 Å². The van der Waals surface area contributed by atoms with Crippen LogP contribution in [0.2, 0.25) is 0 Å². The smallest absolute Gasteiger partial charge is 0.243 e. The summed E-state index contributed by atoms with van der Waals surface area (Å²) in [5, 5.41) is 10.6. The Morgan fingerprint density at radius 3 is 2.61 bits per heavy atom. The Bertz CT molecular complexity index is 663. The van der Waals surface area contributed by atoms with Crippen LogP contribution in [-0.4, -0.2) is 62.1 Å². The number of hydrogen-bond donors (Lipinski definition) is 1. The largest absolute Gasteiger partial charge is 0.389 e. The van der Waals surface area contributed by atoms with E-state index in [9.17, 15) is 17.9 Å². The number of aryl methyl sites for hydroxylation is 1. The van der Waals surface area contributed by atoms with Gasteiger partial charge in [0.2, 0.25) is 10.0 Å². The van der Waals surface area contributed by atoms with E-state index in [-0.39, 0.29) is 11.4 Å². The summed E-state index contributed by atoms with van der Waals surface area (Å²) in [6.07, 6.45) is 1.51. The third kappa shape index (κ3) is 4.29. The molecule has 0 unspecified atom stereocenters. The fourth-order valence-corrected chi connectivity index (χ4v) is 4.52. The number of nitrogens with zero attached hydrogens (tertiary/aromatic N) is 2. The summed E-state index contributed by atoms with van der Waals surface area (Å²) in [4.78, 5) is 1.87. The molecule has 1 atom stereocenters. The number of likely N-dealkylation sites (N-methyl/N-ethyl adjacent to an activating group) is 1. The highest BCUT2D eigenvalue weighted by atomic mass is 32.2.